The van der Waals surface area contributed by atoms with Crippen molar-refractivity contribution in [3.8, 4) is 5.75 Å². The summed E-state index contributed by atoms with van der Waals surface area (Å²) < 4.78 is 12.8. The zero-order chi connectivity index (χ0) is 20.0. The maximum absolute atomic E-state index is 12.3. The van der Waals surface area contributed by atoms with E-state index in [4.69, 9.17) is 14.6 Å². The number of aryl methyl sites for hydroxylation is 1. The molecule has 1 aromatic heterocycles. The van der Waals surface area contributed by atoms with Crippen molar-refractivity contribution in [2.24, 2.45) is 7.05 Å². The molecule has 3 N–H and O–H groups in total. The van der Waals surface area contributed by atoms with Crippen LogP contribution in [-0.2, 0) is 11.8 Å². The van der Waals surface area contributed by atoms with Crippen molar-refractivity contribution in [1.29, 1.82) is 0 Å². The molecular formula is C20H30N2O5. The second-order valence-corrected chi connectivity index (χ2v) is 6.58. The molecule has 1 heterocycles. The Labute approximate surface area is 159 Å². The highest BCUT2D eigenvalue weighted by Gasteiger charge is 2.20. The highest BCUT2D eigenvalue weighted by Crippen LogP contribution is 2.29. The van der Waals surface area contributed by atoms with Crippen LogP contribution < -0.4 is 10.1 Å². The number of rotatable bonds is 10. The molecule has 7 heteroatoms. The number of hydrogen-bond acceptors (Lipinski definition) is 6. The van der Waals surface area contributed by atoms with Crippen LogP contribution in [0.1, 0.15) is 36.3 Å². The Morgan fingerprint density at radius 3 is 2.70 bits per heavy atom. The maximum Gasteiger partial charge on any atom is 0.340 e. The Balaban J connectivity index is 2.11. The maximum atomic E-state index is 12.3. The zero-order valence-corrected chi connectivity index (χ0v) is 16.5. The van der Waals surface area contributed by atoms with Crippen LogP contribution in [0.2, 0.25) is 0 Å². The summed E-state index contributed by atoms with van der Waals surface area (Å²) in [5.74, 6) is 0.225. The molecule has 27 heavy (non-hydrogen) atoms. The first kappa shape index (κ1) is 21.2. The lowest BCUT2D eigenvalue weighted by molar-refractivity contribution is 0.0527. The molecule has 0 aliphatic rings. The fourth-order valence-electron chi connectivity index (χ4n) is 2.99. The molecule has 0 bridgehead atoms. The number of esters is 1. The van der Waals surface area contributed by atoms with Crippen LogP contribution in [0.25, 0.3) is 10.9 Å². The monoisotopic (exact) mass is 378 g/mol. The van der Waals surface area contributed by atoms with Crippen molar-refractivity contribution in [3.63, 3.8) is 0 Å². The summed E-state index contributed by atoms with van der Waals surface area (Å²) in [5.41, 5.74) is 2.29. The van der Waals surface area contributed by atoms with Crippen molar-refractivity contribution in [3.05, 3.63) is 29.5 Å². The number of carbonyl (C=O) groups excluding carboxylic acids is 1. The highest BCUT2D eigenvalue weighted by molar-refractivity contribution is 6.06. The lowest BCUT2D eigenvalue weighted by Crippen LogP contribution is -2.39. The van der Waals surface area contributed by atoms with Gasteiger partial charge in [0.1, 0.15) is 18.5 Å². The molecule has 2 atom stereocenters. The molecule has 0 radical (unpaired) electrons. The molecule has 0 amide bonds. The lowest BCUT2D eigenvalue weighted by atomic mass is 10.1. The number of benzene rings is 1. The Kier molecular flexibility index (Phi) is 7.65. The van der Waals surface area contributed by atoms with Gasteiger partial charge in [0.05, 0.1) is 18.8 Å². The van der Waals surface area contributed by atoms with Gasteiger partial charge in [-0.25, -0.2) is 4.79 Å². The summed E-state index contributed by atoms with van der Waals surface area (Å²) in [6, 6.07) is 5.48. The fraction of sp³-hybridized carbons (Fsp3) is 0.550. The number of fused-ring (bicyclic) bond motifs is 1. The third-order valence-electron chi connectivity index (χ3n) is 4.74. The molecule has 7 nitrogen and oxygen atoms in total. The summed E-state index contributed by atoms with van der Waals surface area (Å²) >= 11 is 0. The molecule has 0 saturated heterocycles. The lowest BCUT2D eigenvalue weighted by Gasteiger charge is -2.18. The van der Waals surface area contributed by atoms with Crippen LogP contribution in [0.3, 0.4) is 0 Å². The predicted molar refractivity (Wildman–Crippen MR) is 104 cm³/mol. The fourth-order valence-corrected chi connectivity index (χ4v) is 2.99. The molecule has 0 aliphatic heterocycles. The molecule has 0 spiro atoms. The van der Waals surface area contributed by atoms with E-state index in [1.807, 2.05) is 37.6 Å². The van der Waals surface area contributed by atoms with Gasteiger partial charge in [-0.2, -0.15) is 0 Å². The molecule has 0 saturated carbocycles. The van der Waals surface area contributed by atoms with Gasteiger partial charge < -0.3 is 29.6 Å². The largest absolute Gasteiger partial charge is 0.491 e. The van der Waals surface area contributed by atoms with Gasteiger partial charge in [0.25, 0.3) is 0 Å². The highest BCUT2D eigenvalue weighted by atomic mass is 16.5. The van der Waals surface area contributed by atoms with E-state index in [1.54, 1.807) is 13.0 Å². The molecular weight excluding hydrogens is 348 g/mol. The first-order chi connectivity index (χ1) is 12.9. The van der Waals surface area contributed by atoms with Gasteiger partial charge in [-0.05, 0) is 38.5 Å². The average Bonchev–Trinajstić information content (AvgIpc) is 2.91. The first-order valence-corrected chi connectivity index (χ1v) is 9.34. The van der Waals surface area contributed by atoms with Crippen molar-refractivity contribution in [2.75, 3.05) is 26.4 Å². The normalized spacial score (nSPS) is 13.6. The van der Waals surface area contributed by atoms with E-state index in [2.05, 4.69) is 5.32 Å². The van der Waals surface area contributed by atoms with Gasteiger partial charge in [-0.15, -0.1) is 0 Å². The topological polar surface area (TPSA) is 93.0 Å². The van der Waals surface area contributed by atoms with Gasteiger partial charge >= 0.3 is 5.97 Å². The number of ether oxygens (including phenoxy) is 2. The smallest absolute Gasteiger partial charge is 0.340 e. The van der Waals surface area contributed by atoms with E-state index in [9.17, 15) is 9.90 Å². The number of carbonyl (C=O) groups is 1. The van der Waals surface area contributed by atoms with Gasteiger partial charge in [-0.3, -0.25) is 0 Å². The van der Waals surface area contributed by atoms with E-state index in [0.717, 1.165) is 23.0 Å². The first-order valence-electron chi connectivity index (χ1n) is 9.34. The van der Waals surface area contributed by atoms with E-state index in [-0.39, 0.29) is 25.2 Å². The zero-order valence-electron chi connectivity index (χ0n) is 16.5. The summed E-state index contributed by atoms with van der Waals surface area (Å²) in [5, 5.41) is 23.1. The molecule has 2 aromatic rings. The quantitative estimate of drug-likeness (QED) is 0.546. The van der Waals surface area contributed by atoms with E-state index in [1.165, 1.54) is 0 Å². The number of aliphatic hydroxyl groups is 2. The molecule has 2 rings (SSSR count). The minimum absolute atomic E-state index is 0.0320. The minimum Gasteiger partial charge on any atom is -0.491 e. The molecule has 0 fully saturated rings. The van der Waals surface area contributed by atoms with Crippen molar-refractivity contribution >= 4 is 16.9 Å². The van der Waals surface area contributed by atoms with Gasteiger partial charge in [0, 0.05) is 36.2 Å². The Hall–Kier alpha value is -2.09. The number of aliphatic hydroxyl groups excluding tert-OH is 2. The van der Waals surface area contributed by atoms with Crippen molar-refractivity contribution in [2.45, 2.75) is 39.3 Å². The number of hydrogen-bond donors (Lipinski definition) is 3. The number of aromatic nitrogens is 1. The van der Waals surface area contributed by atoms with E-state index in [0.29, 0.717) is 24.5 Å². The van der Waals surface area contributed by atoms with Gasteiger partial charge in [0.15, 0.2) is 0 Å². The van der Waals surface area contributed by atoms with Crippen LogP contribution in [0.5, 0.6) is 5.75 Å². The standard InChI is InChI=1S/C20H30N2O5/c1-5-14(11-23)21-10-15(24)12-27-16-7-8-18-17(9-16)19(13(3)22(18)4)20(25)26-6-2/h7-9,14-15,21,23-24H,5-6,10-12H2,1-4H3/t14-,15+/m0/s1. The Bertz CT molecular complexity index is 767. The minimum atomic E-state index is -0.705. The summed E-state index contributed by atoms with van der Waals surface area (Å²) in [4.78, 5) is 12.3. The van der Waals surface area contributed by atoms with E-state index >= 15 is 0 Å². The summed E-state index contributed by atoms with van der Waals surface area (Å²) in [6.45, 7) is 6.42. The number of nitrogens with one attached hydrogen (secondary N) is 1. The second kappa shape index (κ2) is 9.73. The van der Waals surface area contributed by atoms with E-state index < -0.39 is 6.10 Å². The SMILES string of the molecule is CCOC(=O)c1c(C)n(C)c2ccc(OC[C@H](O)CN[C@@H](CC)CO)cc12. The predicted octanol–water partition coefficient (Wildman–Crippen LogP) is 1.76. The second-order valence-electron chi connectivity index (χ2n) is 6.58. The van der Waals surface area contributed by atoms with Gasteiger partial charge in [-0.1, -0.05) is 6.92 Å². The molecule has 0 unspecified atom stereocenters. The van der Waals surface area contributed by atoms with Gasteiger partial charge in [0.2, 0.25) is 0 Å². The van der Waals surface area contributed by atoms with Crippen LogP contribution in [0.4, 0.5) is 0 Å². The Morgan fingerprint density at radius 2 is 2.07 bits per heavy atom. The molecule has 1 aromatic carbocycles. The third-order valence-corrected chi connectivity index (χ3v) is 4.74. The summed E-state index contributed by atoms with van der Waals surface area (Å²) in [6.07, 6.45) is 0.0772. The van der Waals surface area contributed by atoms with Crippen LogP contribution in [0, 0.1) is 6.92 Å². The van der Waals surface area contributed by atoms with Crippen LogP contribution in [0.15, 0.2) is 18.2 Å². The summed E-state index contributed by atoms with van der Waals surface area (Å²) in [7, 11) is 1.90. The Morgan fingerprint density at radius 1 is 1.33 bits per heavy atom. The van der Waals surface area contributed by atoms with Crippen molar-refractivity contribution in [1.82, 2.24) is 9.88 Å². The molecule has 150 valence electrons. The van der Waals surface area contributed by atoms with Crippen molar-refractivity contribution < 1.29 is 24.5 Å². The third kappa shape index (κ3) is 5.00. The average molecular weight is 378 g/mol. The van der Waals surface area contributed by atoms with Crippen LogP contribution in [-0.4, -0.2) is 59.3 Å². The number of nitrogens with zero attached hydrogens (tertiary/aromatic N) is 1. The van der Waals surface area contributed by atoms with Crippen LogP contribution >= 0.6 is 0 Å². The molecule has 0 aliphatic carbocycles.